The number of nitrogens with zero attached hydrogens (tertiary/aromatic N) is 5. The molecule has 2 aromatic heterocycles. The van der Waals surface area contributed by atoms with Crippen molar-refractivity contribution in [3.63, 3.8) is 0 Å². The lowest BCUT2D eigenvalue weighted by Crippen LogP contribution is -2.39. The minimum atomic E-state index is -4.28. The maximum atomic E-state index is 14.0. The van der Waals surface area contributed by atoms with Crippen molar-refractivity contribution in [3.8, 4) is 5.82 Å². The van der Waals surface area contributed by atoms with Gasteiger partial charge in [0.15, 0.2) is 11.6 Å². The molecule has 1 aliphatic rings. The van der Waals surface area contributed by atoms with Crippen LogP contribution in [-0.4, -0.2) is 67.6 Å². The van der Waals surface area contributed by atoms with Crippen LogP contribution in [0.4, 0.5) is 11.5 Å². The molecule has 0 atom stereocenters. The molecule has 42 heavy (non-hydrogen) atoms. The van der Waals surface area contributed by atoms with Crippen molar-refractivity contribution in [1.29, 1.82) is 0 Å². The third kappa shape index (κ3) is 6.34. The summed E-state index contributed by atoms with van der Waals surface area (Å²) in [6.07, 6.45) is 1.85. The molecule has 5 rings (SSSR count). The molecule has 2 aromatic carbocycles. The zero-order chi connectivity index (χ0) is 30.2. The first-order valence-corrected chi connectivity index (χ1v) is 15.5. The second-order valence-corrected chi connectivity index (χ2v) is 13.6. The summed E-state index contributed by atoms with van der Waals surface area (Å²) in [6.45, 7) is 9.23. The molecule has 1 aliphatic heterocycles. The topological polar surface area (TPSA) is 107 Å². The van der Waals surface area contributed by atoms with E-state index in [1.54, 1.807) is 39.8 Å². The number of benzene rings is 2. The molecular weight excluding hydrogens is 601 g/mol. The van der Waals surface area contributed by atoms with Crippen LogP contribution in [0.5, 0.6) is 0 Å². The van der Waals surface area contributed by atoms with Gasteiger partial charge in [-0.15, -0.1) is 10.2 Å². The first kappa shape index (κ1) is 30.1. The van der Waals surface area contributed by atoms with E-state index in [0.29, 0.717) is 30.3 Å². The molecular formula is C29H31Cl2N5O5S. The van der Waals surface area contributed by atoms with E-state index in [9.17, 15) is 13.2 Å². The van der Waals surface area contributed by atoms with Gasteiger partial charge in [-0.2, -0.15) is 0 Å². The van der Waals surface area contributed by atoms with Crippen LogP contribution in [-0.2, 0) is 24.3 Å². The average molecular weight is 633 g/mol. The van der Waals surface area contributed by atoms with Crippen molar-refractivity contribution >= 4 is 61.6 Å². The zero-order valence-corrected chi connectivity index (χ0v) is 26.0. The number of aromatic nitrogens is 3. The molecule has 0 unspecified atom stereocenters. The fraction of sp³-hybridized carbons (Fsp3) is 0.345. The Morgan fingerprint density at radius 1 is 1.00 bits per heavy atom. The predicted octanol–water partition coefficient (Wildman–Crippen LogP) is 5.41. The number of hydrogen-bond donors (Lipinski definition) is 0. The number of carbonyl (C=O) groups excluding carboxylic acids is 1. The van der Waals surface area contributed by atoms with Crippen LogP contribution in [0.1, 0.15) is 26.3 Å². The molecule has 4 aromatic rings. The van der Waals surface area contributed by atoms with Crippen molar-refractivity contribution in [2.45, 2.75) is 38.2 Å². The summed E-state index contributed by atoms with van der Waals surface area (Å²) in [5.41, 5.74) is 0.950. The number of fused-ring (bicyclic) bond motifs is 1. The number of morpholine rings is 1. The van der Waals surface area contributed by atoms with E-state index >= 15 is 0 Å². The predicted molar refractivity (Wildman–Crippen MR) is 163 cm³/mol. The summed E-state index contributed by atoms with van der Waals surface area (Å²) in [6, 6.07) is 13.2. The fourth-order valence-corrected chi connectivity index (χ4v) is 7.02. The lowest BCUT2D eigenvalue weighted by Gasteiger charge is -2.28. The van der Waals surface area contributed by atoms with E-state index in [4.69, 9.17) is 32.7 Å². The summed E-state index contributed by atoms with van der Waals surface area (Å²) in [5.74, 6) is 0.689. The second kappa shape index (κ2) is 11.7. The molecule has 1 saturated heterocycles. The fourth-order valence-electron chi connectivity index (χ4n) is 4.83. The van der Waals surface area contributed by atoms with Gasteiger partial charge >= 0.3 is 5.97 Å². The van der Waals surface area contributed by atoms with Crippen LogP contribution >= 0.6 is 23.2 Å². The lowest BCUT2D eigenvalue weighted by molar-refractivity contribution is -0.152. The molecule has 0 N–H and O–H groups in total. The molecule has 0 radical (unpaired) electrons. The van der Waals surface area contributed by atoms with E-state index in [-0.39, 0.29) is 14.9 Å². The molecule has 222 valence electrons. The minimum absolute atomic E-state index is 0.142. The van der Waals surface area contributed by atoms with E-state index < -0.39 is 28.1 Å². The van der Waals surface area contributed by atoms with Gasteiger partial charge in [0.25, 0.3) is 10.0 Å². The molecule has 3 heterocycles. The number of sulfonamides is 1. The molecule has 0 amide bonds. The molecule has 13 heteroatoms. The number of esters is 1. The van der Waals surface area contributed by atoms with Crippen molar-refractivity contribution in [2.24, 2.45) is 0 Å². The number of ether oxygens (including phenoxy) is 2. The molecule has 0 bridgehead atoms. The first-order chi connectivity index (χ1) is 19.8. The van der Waals surface area contributed by atoms with Gasteiger partial charge in [0.05, 0.1) is 29.3 Å². The second-order valence-electron chi connectivity index (χ2n) is 10.9. The van der Waals surface area contributed by atoms with Crippen LogP contribution in [0.15, 0.2) is 59.6 Å². The lowest BCUT2D eigenvalue weighted by atomic mass is 10.1. The Morgan fingerprint density at radius 2 is 1.64 bits per heavy atom. The normalized spacial score (nSPS) is 14.3. The number of carbonyl (C=O) groups is 1. The van der Waals surface area contributed by atoms with Gasteiger partial charge in [0, 0.05) is 34.7 Å². The van der Waals surface area contributed by atoms with Crippen molar-refractivity contribution < 1.29 is 22.7 Å². The molecule has 0 spiro atoms. The molecule has 10 nitrogen and oxygen atoms in total. The van der Waals surface area contributed by atoms with Gasteiger partial charge in [0.2, 0.25) is 0 Å². The highest BCUT2D eigenvalue weighted by molar-refractivity contribution is 7.92. The monoisotopic (exact) mass is 631 g/mol. The Kier molecular flexibility index (Phi) is 8.39. The van der Waals surface area contributed by atoms with E-state index in [0.717, 1.165) is 34.1 Å². The van der Waals surface area contributed by atoms with Crippen LogP contribution in [0, 0.1) is 6.92 Å². The maximum Gasteiger partial charge on any atom is 0.327 e. The van der Waals surface area contributed by atoms with Crippen LogP contribution in [0.25, 0.3) is 16.7 Å². The van der Waals surface area contributed by atoms with Gasteiger partial charge in [-0.3, -0.25) is 13.7 Å². The van der Waals surface area contributed by atoms with E-state index in [1.165, 1.54) is 18.2 Å². The summed E-state index contributed by atoms with van der Waals surface area (Å²) < 4.78 is 41.8. The quantitative estimate of drug-likeness (QED) is 0.249. The van der Waals surface area contributed by atoms with Crippen molar-refractivity contribution in [2.75, 3.05) is 42.1 Å². The highest BCUT2D eigenvalue weighted by atomic mass is 35.5. The molecule has 1 fully saturated rings. The first-order valence-electron chi connectivity index (χ1n) is 13.3. The maximum absolute atomic E-state index is 14.0. The highest BCUT2D eigenvalue weighted by Crippen LogP contribution is 2.35. The number of anilines is 2. The Labute approximate surface area is 254 Å². The molecule has 0 saturated carbocycles. The summed E-state index contributed by atoms with van der Waals surface area (Å²) in [4.78, 5) is 14.9. The van der Waals surface area contributed by atoms with Gasteiger partial charge in [-0.25, -0.2) is 8.42 Å². The Balaban J connectivity index is 1.54. The van der Waals surface area contributed by atoms with Crippen LogP contribution < -0.4 is 9.21 Å². The van der Waals surface area contributed by atoms with Crippen LogP contribution in [0.3, 0.4) is 0 Å². The standard InChI is InChI=1S/C29H31Cl2N5O5S/c1-19-23-9-10-35(27-8-7-26(32-33-27)34-11-13-40-14-12-34)25(23)6-5-24(19)36(18-28(37)41-29(2,3)4)42(38,39)22-16-20(30)15-21(31)17-22/h5-10,15-17H,11-14,18H2,1-4H3. The number of hydrogen-bond acceptors (Lipinski definition) is 8. The van der Waals surface area contributed by atoms with Crippen LogP contribution in [0.2, 0.25) is 10.0 Å². The largest absolute Gasteiger partial charge is 0.459 e. The third-order valence-corrected chi connectivity index (χ3v) is 8.89. The SMILES string of the molecule is Cc1c(N(CC(=O)OC(C)(C)C)S(=O)(=O)c2cc(Cl)cc(Cl)c2)ccc2c1ccn2-c1ccc(N2CCOCC2)nn1. The van der Waals surface area contributed by atoms with Crippen molar-refractivity contribution in [1.82, 2.24) is 14.8 Å². The Morgan fingerprint density at radius 3 is 2.26 bits per heavy atom. The Hall–Kier alpha value is -3.38. The van der Waals surface area contributed by atoms with Gasteiger partial charge in [0.1, 0.15) is 12.1 Å². The number of halogens is 2. The zero-order valence-electron chi connectivity index (χ0n) is 23.7. The minimum Gasteiger partial charge on any atom is -0.459 e. The van der Waals surface area contributed by atoms with Gasteiger partial charge in [-0.1, -0.05) is 23.2 Å². The Bertz CT molecular complexity index is 1710. The molecule has 0 aliphatic carbocycles. The average Bonchev–Trinajstić information content (AvgIpc) is 3.36. The number of aryl methyl sites for hydroxylation is 1. The van der Waals surface area contributed by atoms with Crippen molar-refractivity contribution in [3.05, 3.63) is 70.3 Å². The summed E-state index contributed by atoms with van der Waals surface area (Å²) in [5, 5.41) is 9.94. The van der Waals surface area contributed by atoms with E-state index in [1.807, 2.05) is 29.0 Å². The smallest absolute Gasteiger partial charge is 0.327 e. The third-order valence-electron chi connectivity index (χ3n) is 6.72. The highest BCUT2D eigenvalue weighted by Gasteiger charge is 2.31. The van der Waals surface area contributed by atoms with E-state index in [2.05, 4.69) is 15.1 Å². The van der Waals surface area contributed by atoms with Gasteiger partial charge < -0.3 is 14.4 Å². The summed E-state index contributed by atoms with van der Waals surface area (Å²) >= 11 is 12.3. The van der Waals surface area contributed by atoms with Gasteiger partial charge in [-0.05, 0) is 81.8 Å². The summed E-state index contributed by atoms with van der Waals surface area (Å²) in [7, 11) is -4.28. The number of rotatable bonds is 7.